The van der Waals surface area contributed by atoms with E-state index in [2.05, 4.69) is 5.32 Å². The maximum atomic E-state index is 12.4. The van der Waals surface area contributed by atoms with Crippen LogP contribution in [0.25, 0.3) is 0 Å². The first-order chi connectivity index (χ1) is 11.6. The van der Waals surface area contributed by atoms with Crippen LogP contribution in [-0.4, -0.2) is 31.7 Å². The Morgan fingerprint density at radius 3 is 2.00 bits per heavy atom. The Hall–Kier alpha value is -2.18. The van der Waals surface area contributed by atoms with Crippen LogP contribution >= 0.6 is 0 Å². The van der Waals surface area contributed by atoms with Crippen LogP contribution in [0.5, 0.6) is 0 Å². The molecule has 0 fully saturated rings. The number of aryl methyl sites for hydroxylation is 2. The fraction of sp³-hybridized carbons (Fsp3) is 0.316. The zero-order valence-electron chi connectivity index (χ0n) is 15.2. The molecule has 0 saturated heterocycles. The molecular weight excluding hydrogens is 336 g/mol. The van der Waals surface area contributed by atoms with Gasteiger partial charge in [-0.2, -0.15) is 4.31 Å². The third-order valence-electron chi connectivity index (χ3n) is 4.00. The zero-order valence-corrected chi connectivity index (χ0v) is 16.0. The molecule has 1 amide bonds. The van der Waals surface area contributed by atoms with E-state index in [0.717, 1.165) is 11.1 Å². The topological polar surface area (TPSA) is 66.5 Å². The molecule has 0 aromatic heterocycles. The van der Waals surface area contributed by atoms with Gasteiger partial charge >= 0.3 is 0 Å². The molecule has 1 N–H and O–H groups in total. The van der Waals surface area contributed by atoms with Crippen molar-refractivity contribution in [1.29, 1.82) is 0 Å². The van der Waals surface area contributed by atoms with E-state index in [1.54, 1.807) is 19.2 Å². The minimum atomic E-state index is -3.53. The van der Waals surface area contributed by atoms with Gasteiger partial charge in [0.1, 0.15) is 0 Å². The summed E-state index contributed by atoms with van der Waals surface area (Å²) in [7, 11) is -1.97. The molecule has 0 radical (unpaired) electrons. The van der Waals surface area contributed by atoms with Crippen molar-refractivity contribution in [2.45, 2.75) is 38.6 Å². The van der Waals surface area contributed by atoms with Gasteiger partial charge in [-0.1, -0.05) is 17.2 Å². The number of hydrogen-bond donors (Lipinski definition) is 1. The van der Waals surface area contributed by atoms with Crippen LogP contribution in [0.15, 0.2) is 47.4 Å². The predicted molar refractivity (Wildman–Crippen MR) is 100 cm³/mol. The molecule has 2 aromatic rings. The molecule has 0 unspecified atom stereocenters. The average molecular weight is 360 g/mol. The van der Waals surface area contributed by atoms with E-state index in [1.165, 1.54) is 16.4 Å². The number of hydrogen-bond acceptors (Lipinski definition) is 3. The SMILES string of the molecule is Cc1cc(C)cc(C(=O)Nc2ccc(S(=O)(=O)N(C)C(C)C)cc2)c1. The summed E-state index contributed by atoms with van der Waals surface area (Å²) in [5, 5.41) is 2.80. The van der Waals surface area contributed by atoms with Crippen molar-refractivity contribution in [3.05, 3.63) is 59.2 Å². The predicted octanol–water partition coefficient (Wildman–Crippen LogP) is 3.58. The number of amides is 1. The Morgan fingerprint density at radius 1 is 1.00 bits per heavy atom. The minimum absolute atomic E-state index is 0.131. The van der Waals surface area contributed by atoms with Gasteiger partial charge in [0.05, 0.1) is 4.90 Å². The number of nitrogens with zero attached hydrogens (tertiary/aromatic N) is 1. The molecule has 2 aromatic carbocycles. The normalized spacial score (nSPS) is 11.8. The van der Waals surface area contributed by atoms with Crippen LogP contribution in [0.2, 0.25) is 0 Å². The largest absolute Gasteiger partial charge is 0.322 e. The van der Waals surface area contributed by atoms with Gasteiger partial charge in [-0.05, 0) is 64.1 Å². The van der Waals surface area contributed by atoms with Crippen LogP contribution in [0.4, 0.5) is 5.69 Å². The van der Waals surface area contributed by atoms with Crippen molar-refractivity contribution in [2.75, 3.05) is 12.4 Å². The smallest absolute Gasteiger partial charge is 0.255 e. The average Bonchev–Trinajstić information content (AvgIpc) is 2.53. The molecule has 0 aliphatic rings. The second kappa shape index (κ2) is 7.37. The molecule has 5 nitrogen and oxygen atoms in total. The van der Waals surface area contributed by atoms with E-state index in [1.807, 2.05) is 45.9 Å². The minimum Gasteiger partial charge on any atom is -0.322 e. The second-order valence-corrected chi connectivity index (χ2v) is 8.47. The Labute approximate surface area is 149 Å². The standard InChI is InChI=1S/C19H24N2O3S/c1-13(2)21(5)25(23,24)18-8-6-17(7-9-18)20-19(22)16-11-14(3)10-15(4)12-16/h6-13H,1-5H3,(H,20,22). The van der Waals surface area contributed by atoms with Gasteiger partial charge in [0, 0.05) is 24.3 Å². The fourth-order valence-electron chi connectivity index (χ4n) is 2.46. The monoisotopic (exact) mass is 360 g/mol. The third-order valence-corrected chi connectivity index (χ3v) is 6.05. The summed E-state index contributed by atoms with van der Waals surface area (Å²) in [6.45, 7) is 7.51. The number of sulfonamides is 1. The Morgan fingerprint density at radius 2 is 1.52 bits per heavy atom. The highest BCUT2D eigenvalue weighted by molar-refractivity contribution is 7.89. The number of benzene rings is 2. The summed E-state index contributed by atoms with van der Waals surface area (Å²) in [4.78, 5) is 12.6. The second-order valence-electron chi connectivity index (χ2n) is 6.47. The lowest BCUT2D eigenvalue weighted by atomic mass is 10.1. The molecule has 2 rings (SSSR count). The zero-order chi connectivity index (χ0) is 18.8. The molecule has 134 valence electrons. The van der Waals surface area contributed by atoms with Crippen molar-refractivity contribution in [1.82, 2.24) is 4.31 Å². The van der Waals surface area contributed by atoms with E-state index in [9.17, 15) is 13.2 Å². The number of carbonyl (C=O) groups is 1. The summed E-state index contributed by atoms with van der Waals surface area (Å²) in [6.07, 6.45) is 0. The highest BCUT2D eigenvalue weighted by atomic mass is 32.2. The van der Waals surface area contributed by atoms with E-state index in [0.29, 0.717) is 11.3 Å². The van der Waals surface area contributed by atoms with Crippen LogP contribution in [-0.2, 0) is 10.0 Å². The molecule has 6 heteroatoms. The maximum absolute atomic E-state index is 12.4. The molecule has 0 bridgehead atoms. The van der Waals surface area contributed by atoms with Crippen LogP contribution in [0.3, 0.4) is 0 Å². The van der Waals surface area contributed by atoms with Crippen molar-refractivity contribution in [3.8, 4) is 0 Å². The highest BCUT2D eigenvalue weighted by Gasteiger charge is 2.22. The first-order valence-electron chi connectivity index (χ1n) is 8.09. The summed E-state index contributed by atoms with van der Waals surface area (Å²) in [5.41, 5.74) is 3.16. The molecule has 0 spiro atoms. The van der Waals surface area contributed by atoms with E-state index in [-0.39, 0.29) is 16.8 Å². The summed E-state index contributed by atoms with van der Waals surface area (Å²) in [5.74, 6) is -0.221. The van der Waals surface area contributed by atoms with Gasteiger partial charge in [-0.3, -0.25) is 4.79 Å². The van der Waals surface area contributed by atoms with Gasteiger partial charge in [0.15, 0.2) is 0 Å². The number of nitrogens with one attached hydrogen (secondary N) is 1. The Balaban J connectivity index is 2.19. The van der Waals surface area contributed by atoms with Gasteiger partial charge in [0.2, 0.25) is 10.0 Å². The van der Waals surface area contributed by atoms with E-state index < -0.39 is 10.0 Å². The lowest BCUT2D eigenvalue weighted by Gasteiger charge is -2.21. The molecule has 0 saturated carbocycles. The molecular formula is C19H24N2O3S. The van der Waals surface area contributed by atoms with Gasteiger partial charge < -0.3 is 5.32 Å². The van der Waals surface area contributed by atoms with Crippen LogP contribution in [0.1, 0.15) is 35.3 Å². The molecule has 0 aliphatic heterocycles. The Bertz CT molecular complexity index is 852. The van der Waals surface area contributed by atoms with Crippen molar-refractivity contribution < 1.29 is 13.2 Å². The number of anilines is 1. The van der Waals surface area contributed by atoms with Crippen LogP contribution in [0, 0.1) is 13.8 Å². The maximum Gasteiger partial charge on any atom is 0.255 e. The first-order valence-corrected chi connectivity index (χ1v) is 9.53. The highest BCUT2D eigenvalue weighted by Crippen LogP contribution is 2.20. The van der Waals surface area contributed by atoms with Crippen molar-refractivity contribution in [2.24, 2.45) is 0 Å². The first kappa shape index (κ1) is 19.1. The van der Waals surface area contributed by atoms with E-state index >= 15 is 0 Å². The van der Waals surface area contributed by atoms with Gasteiger partial charge in [0.25, 0.3) is 5.91 Å². The van der Waals surface area contributed by atoms with E-state index in [4.69, 9.17) is 0 Å². The van der Waals surface area contributed by atoms with Crippen molar-refractivity contribution in [3.63, 3.8) is 0 Å². The Kier molecular flexibility index (Phi) is 5.65. The van der Waals surface area contributed by atoms with Crippen LogP contribution < -0.4 is 5.32 Å². The molecule has 0 aliphatic carbocycles. The summed E-state index contributed by atoms with van der Waals surface area (Å²) in [6, 6.07) is 11.7. The lowest BCUT2D eigenvalue weighted by Crippen LogP contribution is -2.33. The summed E-state index contributed by atoms with van der Waals surface area (Å²) >= 11 is 0. The third kappa shape index (κ3) is 4.46. The van der Waals surface area contributed by atoms with Gasteiger partial charge in [-0.25, -0.2) is 8.42 Å². The van der Waals surface area contributed by atoms with Gasteiger partial charge in [-0.15, -0.1) is 0 Å². The molecule has 25 heavy (non-hydrogen) atoms. The quantitative estimate of drug-likeness (QED) is 0.886. The molecule has 0 atom stereocenters. The summed E-state index contributed by atoms with van der Waals surface area (Å²) < 4.78 is 26.2. The number of rotatable bonds is 5. The number of carbonyl (C=O) groups excluding carboxylic acids is 1. The molecule has 0 heterocycles. The fourth-order valence-corrected chi connectivity index (χ4v) is 3.83. The van der Waals surface area contributed by atoms with Crippen molar-refractivity contribution >= 4 is 21.6 Å². The lowest BCUT2D eigenvalue weighted by molar-refractivity contribution is 0.102.